The molecule has 0 bridgehead atoms. The highest BCUT2D eigenvalue weighted by atomic mass is 35.5. The molecule has 0 radical (unpaired) electrons. The lowest BCUT2D eigenvalue weighted by atomic mass is 10.2. The van der Waals surface area contributed by atoms with Gasteiger partial charge in [0.05, 0.1) is 10.6 Å². The van der Waals surface area contributed by atoms with Gasteiger partial charge in [-0.2, -0.15) is 5.26 Å². The molecule has 0 aromatic heterocycles. The van der Waals surface area contributed by atoms with E-state index >= 15 is 0 Å². The second kappa shape index (κ2) is 9.14. The first kappa shape index (κ1) is 22.5. The van der Waals surface area contributed by atoms with Gasteiger partial charge < -0.3 is 14.8 Å². The molecule has 0 spiro atoms. The van der Waals surface area contributed by atoms with Crippen molar-refractivity contribution in [2.24, 2.45) is 0 Å². The highest BCUT2D eigenvalue weighted by molar-refractivity contribution is 6.32. The van der Waals surface area contributed by atoms with Crippen LogP contribution in [0.25, 0.3) is 0 Å². The zero-order valence-corrected chi connectivity index (χ0v) is 17.6. The summed E-state index contributed by atoms with van der Waals surface area (Å²) in [5.74, 6) is -1.21. The van der Waals surface area contributed by atoms with Crippen molar-refractivity contribution in [1.29, 1.82) is 5.26 Å². The van der Waals surface area contributed by atoms with Crippen LogP contribution in [0.1, 0.15) is 46.1 Å². The maximum absolute atomic E-state index is 12.5. The number of likely N-dealkylation sites (tertiary alicyclic amines) is 1. The largest absolute Gasteiger partial charge is 0.451 e. The Labute approximate surface area is 174 Å². The van der Waals surface area contributed by atoms with Gasteiger partial charge in [-0.15, -0.1) is 0 Å². The number of carbonyl (C=O) groups excluding carboxylic acids is 3. The molecular formula is C20H24ClN3O5. The Hall–Kier alpha value is -2.79. The fourth-order valence-corrected chi connectivity index (χ4v) is 3.01. The standard InChI is InChI=1S/C20H24ClN3O5/c1-12(17(25)23-14-8-7-13(11-22)15(21)10-14)28-18(26)16-6-5-9-24(16)19(27)29-20(2,3)4/h7-8,10,12,16H,5-6,9H2,1-4H3,(H,23,25)/t12-,16+/m1/s1. The summed E-state index contributed by atoms with van der Waals surface area (Å²) in [7, 11) is 0. The second-order valence-electron chi connectivity index (χ2n) is 7.71. The fraction of sp³-hybridized carbons (Fsp3) is 0.500. The number of nitrogens with zero attached hydrogens (tertiary/aromatic N) is 2. The molecule has 29 heavy (non-hydrogen) atoms. The summed E-state index contributed by atoms with van der Waals surface area (Å²) in [6.45, 7) is 7.06. The molecule has 1 heterocycles. The van der Waals surface area contributed by atoms with Gasteiger partial charge in [-0.1, -0.05) is 11.6 Å². The van der Waals surface area contributed by atoms with Crippen molar-refractivity contribution in [2.75, 3.05) is 11.9 Å². The van der Waals surface area contributed by atoms with Crippen LogP contribution in [0.15, 0.2) is 18.2 Å². The highest BCUT2D eigenvalue weighted by Crippen LogP contribution is 2.23. The Morgan fingerprint density at radius 1 is 1.34 bits per heavy atom. The molecule has 1 N–H and O–H groups in total. The Bertz CT molecular complexity index is 843. The van der Waals surface area contributed by atoms with E-state index in [4.69, 9.17) is 26.3 Å². The summed E-state index contributed by atoms with van der Waals surface area (Å²) in [5.41, 5.74) is -0.0188. The number of halogens is 1. The van der Waals surface area contributed by atoms with Crippen LogP contribution in [0.3, 0.4) is 0 Å². The average Bonchev–Trinajstić information content (AvgIpc) is 3.10. The normalized spacial score (nSPS) is 17.2. The quantitative estimate of drug-likeness (QED) is 0.745. The third kappa shape index (κ3) is 6.09. The molecule has 8 nitrogen and oxygen atoms in total. The van der Waals surface area contributed by atoms with Crippen molar-refractivity contribution in [3.63, 3.8) is 0 Å². The molecule has 0 aliphatic carbocycles. The molecule has 0 saturated carbocycles. The number of esters is 1. The summed E-state index contributed by atoms with van der Waals surface area (Å²) in [4.78, 5) is 38.5. The van der Waals surface area contributed by atoms with Crippen molar-refractivity contribution in [3.8, 4) is 6.07 Å². The zero-order chi connectivity index (χ0) is 21.8. The van der Waals surface area contributed by atoms with Gasteiger partial charge in [-0.25, -0.2) is 9.59 Å². The minimum atomic E-state index is -1.09. The molecule has 1 aliphatic rings. The van der Waals surface area contributed by atoms with Crippen molar-refractivity contribution >= 4 is 35.3 Å². The van der Waals surface area contributed by atoms with Crippen LogP contribution >= 0.6 is 11.6 Å². The summed E-state index contributed by atoms with van der Waals surface area (Å²) in [5, 5.41) is 11.7. The van der Waals surface area contributed by atoms with Crippen LogP contribution in [0.4, 0.5) is 10.5 Å². The van der Waals surface area contributed by atoms with Gasteiger partial charge in [0.2, 0.25) is 0 Å². The maximum atomic E-state index is 12.5. The van der Waals surface area contributed by atoms with E-state index in [2.05, 4.69) is 5.32 Å². The van der Waals surface area contributed by atoms with Gasteiger partial charge in [-0.3, -0.25) is 9.69 Å². The number of rotatable bonds is 4. The van der Waals surface area contributed by atoms with E-state index in [-0.39, 0.29) is 10.6 Å². The smallest absolute Gasteiger partial charge is 0.411 e. The predicted molar refractivity (Wildman–Crippen MR) is 106 cm³/mol. The second-order valence-corrected chi connectivity index (χ2v) is 8.11. The zero-order valence-electron chi connectivity index (χ0n) is 16.8. The Kier molecular flexibility index (Phi) is 7.09. The van der Waals surface area contributed by atoms with Crippen LogP contribution < -0.4 is 5.32 Å². The molecule has 2 rings (SSSR count). The third-order valence-electron chi connectivity index (χ3n) is 4.17. The van der Waals surface area contributed by atoms with E-state index in [1.807, 2.05) is 6.07 Å². The van der Waals surface area contributed by atoms with Gasteiger partial charge in [0.25, 0.3) is 5.91 Å². The van der Waals surface area contributed by atoms with Crippen LogP contribution in [0.2, 0.25) is 5.02 Å². The number of carbonyl (C=O) groups is 3. The lowest BCUT2D eigenvalue weighted by molar-refractivity contribution is -0.157. The number of benzene rings is 1. The molecule has 2 amide bonds. The van der Waals surface area contributed by atoms with E-state index in [1.165, 1.54) is 30.0 Å². The SMILES string of the molecule is C[C@@H](OC(=O)[C@@H]1CCCN1C(=O)OC(C)(C)C)C(=O)Nc1ccc(C#N)c(Cl)c1. The van der Waals surface area contributed by atoms with E-state index in [0.29, 0.717) is 25.1 Å². The van der Waals surface area contributed by atoms with Crippen molar-refractivity contribution in [2.45, 2.75) is 58.3 Å². The van der Waals surface area contributed by atoms with Crippen LogP contribution in [-0.2, 0) is 19.1 Å². The first-order valence-electron chi connectivity index (χ1n) is 9.22. The number of ether oxygens (including phenoxy) is 2. The van der Waals surface area contributed by atoms with Crippen molar-refractivity contribution in [1.82, 2.24) is 4.90 Å². The molecule has 1 aliphatic heterocycles. The van der Waals surface area contributed by atoms with Crippen LogP contribution in [-0.4, -0.2) is 47.2 Å². The lowest BCUT2D eigenvalue weighted by Gasteiger charge is -2.28. The summed E-state index contributed by atoms with van der Waals surface area (Å²) in [6, 6.07) is 5.58. The number of anilines is 1. The van der Waals surface area contributed by atoms with Gasteiger partial charge >= 0.3 is 12.1 Å². The van der Waals surface area contributed by atoms with E-state index < -0.39 is 35.7 Å². The maximum Gasteiger partial charge on any atom is 0.411 e. The minimum Gasteiger partial charge on any atom is -0.451 e. The molecule has 9 heteroatoms. The van der Waals surface area contributed by atoms with E-state index in [9.17, 15) is 14.4 Å². The van der Waals surface area contributed by atoms with E-state index in [0.717, 1.165) is 0 Å². The minimum absolute atomic E-state index is 0.203. The number of hydrogen-bond donors (Lipinski definition) is 1. The molecule has 2 atom stereocenters. The molecule has 1 aromatic rings. The molecular weight excluding hydrogens is 398 g/mol. The molecule has 156 valence electrons. The fourth-order valence-electron chi connectivity index (χ4n) is 2.78. The van der Waals surface area contributed by atoms with Crippen LogP contribution in [0.5, 0.6) is 0 Å². The van der Waals surface area contributed by atoms with Crippen LogP contribution in [0, 0.1) is 11.3 Å². The van der Waals surface area contributed by atoms with Gasteiger partial charge in [0, 0.05) is 12.2 Å². The summed E-state index contributed by atoms with van der Waals surface area (Å²) >= 11 is 5.95. The number of hydrogen-bond acceptors (Lipinski definition) is 6. The molecule has 1 saturated heterocycles. The molecule has 0 unspecified atom stereocenters. The Balaban J connectivity index is 1.96. The van der Waals surface area contributed by atoms with Crippen molar-refractivity contribution in [3.05, 3.63) is 28.8 Å². The van der Waals surface area contributed by atoms with Crippen molar-refractivity contribution < 1.29 is 23.9 Å². The van der Waals surface area contributed by atoms with E-state index in [1.54, 1.807) is 20.8 Å². The molecule has 1 aromatic carbocycles. The number of amides is 2. The lowest BCUT2D eigenvalue weighted by Crippen LogP contribution is -2.45. The average molecular weight is 422 g/mol. The van der Waals surface area contributed by atoms with Gasteiger partial charge in [0.15, 0.2) is 6.10 Å². The first-order chi connectivity index (χ1) is 13.5. The monoisotopic (exact) mass is 421 g/mol. The van der Waals surface area contributed by atoms with Gasteiger partial charge in [-0.05, 0) is 58.7 Å². The third-order valence-corrected chi connectivity index (χ3v) is 4.48. The number of nitrogens with one attached hydrogen (secondary N) is 1. The summed E-state index contributed by atoms with van der Waals surface area (Å²) in [6.07, 6.45) is -0.583. The number of nitriles is 1. The Morgan fingerprint density at radius 3 is 2.62 bits per heavy atom. The molecule has 1 fully saturated rings. The predicted octanol–water partition coefficient (Wildman–Crippen LogP) is 3.48. The topological polar surface area (TPSA) is 109 Å². The highest BCUT2D eigenvalue weighted by Gasteiger charge is 2.38. The summed E-state index contributed by atoms with van der Waals surface area (Å²) < 4.78 is 10.6. The first-order valence-corrected chi connectivity index (χ1v) is 9.60. The Morgan fingerprint density at radius 2 is 2.03 bits per heavy atom. The van der Waals surface area contributed by atoms with Gasteiger partial charge in [0.1, 0.15) is 17.7 Å².